The van der Waals surface area contributed by atoms with Crippen LogP contribution in [-0.4, -0.2) is 108 Å². The Morgan fingerprint density at radius 3 is 1.96 bits per heavy atom. The molecule has 3 aliphatic rings. The highest BCUT2D eigenvalue weighted by molar-refractivity contribution is 5.03. The van der Waals surface area contributed by atoms with Gasteiger partial charge in [-0.15, -0.1) is 10.2 Å². The molecule has 0 spiro atoms. The Morgan fingerprint density at radius 2 is 1.33 bits per heavy atom. The zero-order valence-electron chi connectivity index (χ0n) is 16.7. The third-order valence-corrected chi connectivity index (χ3v) is 6.26. The van der Waals surface area contributed by atoms with E-state index < -0.39 is 0 Å². The molecule has 8 heteroatoms. The predicted octanol–water partition coefficient (Wildman–Crippen LogP) is 0.159. The largest absolute Gasteiger partial charge is 0.379 e. The van der Waals surface area contributed by atoms with Crippen molar-refractivity contribution in [2.45, 2.75) is 25.3 Å². The average molecular weight is 379 g/mol. The molecule has 0 atom stereocenters. The van der Waals surface area contributed by atoms with E-state index in [-0.39, 0.29) is 0 Å². The summed E-state index contributed by atoms with van der Waals surface area (Å²) in [6, 6.07) is 0. The van der Waals surface area contributed by atoms with Crippen LogP contribution in [0.2, 0.25) is 0 Å². The van der Waals surface area contributed by atoms with Gasteiger partial charge in [0.05, 0.1) is 33.0 Å². The van der Waals surface area contributed by atoms with Gasteiger partial charge in [0.25, 0.3) is 0 Å². The van der Waals surface area contributed by atoms with Gasteiger partial charge in [-0.05, 0) is 25.9 Å². The number of hydrogen-bond acceptors (Lipinski definition) is 7. The molecule has 152 valence electrons. The topological polar surface area (TPSA) is 58.9 Å². The molecule has 3 aliphatic heterocycles. The summed E-state index contributed by atoms with van der Waals surface area (Å²) in [5.41, 5.74) is 0. The van der Waals surface area contributed by atoms with Crippen LogP contribution < -0.4 is 0 Å². The van der Waals surface area contributed by atoms with Crippen molar-refractivity contribution < 1.29 is 9.47 Å². The molecule has 27 heavy (non-hydrogen) atoms. The van der Waals surface area contributed by atoms with E-state index in [1.54, 1.807) is 0 Å². The number of likely N-dealkylation sites (tertiary alicyclic amines) is 1. The molecule has 0 saturated carbocycles. The van der Waals surface area contributed by atoms with Gasteiger partial charge in [0, 0.05) is 52.2 Å². The fraction of sp³-hybridized carbons (Fsp3) is 0.895. The minimum Gasteiger partial charge on any atom is -0.379 e. The maximum Gasteiger partial charge on any atom is 0.146 e. The van der Waals surface area contributed by atoms with Crippen LogP contribution in [0.25, 0.3) is 0 Å². The predicted molar refractivity (Wildman–Crippen MR) is 103 cm³/mol. The molecule has 0 bridgehead atoms. The van der Waals surface area contributed by atoms with E-state index >= 15 is 0 Å². The smallest absolute Gasteiger partial charge is 0.146 e. The fourth-order valence-electron chi connectivity index (χ4n) is 4.35. The van der Waals surface area contributed by atoms with E-state index in [1.165, 1.54) is 44.8 Å². The minimum absolute atomic E-state index is 0.542. The Labute approximate surface area is 162 Å². The Morgan fingerprint density at radius 1 is 0.778 bits per heavy atom. The summed E-state index contributed by atoms with van der Waals surface area (Å²) < 4.78 is 13.1. The third-order valence-electron chi connectivity index (χ3n) is 6.26. The lowest BCUT2D eigenvalue weighted by atomic mass is 9.96. The van der Waals surface area contributed by atoms with Crippen LogP contribution in [0.3, 0.4) is 0 Å². The van der Waals surface area contributed by atoms with Crippen molar-refractivity contribution >= 4 is 0 Å². The zero-order valence-corrected chi connectivity index (χ0v) is 16.7. The van der Waals surface area contributed by atoms with Crippen molar-refractivity contribution in [2.75, 3.05) is 78.8 Å². The highest BCUT2D eigenvalue weighted by atomic mass is 16.5. The molecule has 8 nitrogen and oxygen atoms in total. The van der Waals surface area contributed by atoms with Gasteiger partial charge >= 0.3 is 0 Å². The number of rotatable bonds is 6. The van der Waals surface area contributed by atoms with Gasteiger partial charge in [0.1, 0.15) is 11.6 Å². The number of nitrogens with zero attached hydrogens (tertiary/aromatic N) is 6. The molecule has 0 aromatic carbocycles. The Bertz CT molecular complexity index is 575. The minimum atomic E-state index is 0.542. The summed E-state index contributed by atoms with van der Waals surface area (Å²) in [6.07, 6.45) is 2.37. The summed E-state index contributed by atoms with van der Waals surface area (Å²) in [5, 5.41) is 9.06. The first-order chi connectivity index (χ1) is 13.3. The van der Waals surface area contributed by atoms with Crippen molar-refractivity contribution in [2.24, 2.45) is 7.05 Å². The molecular weight excluding hydrogens is 344 g/mol. The van der Waals surface area contributed by atoms with Crippen LogP contribution in [-0.2, 0) is 23.1 Å². The number of morpholine rings is 2. The molecule has 0 aliphatic carbocycles. The maximum atomic E-state index is 5.44. The Balaban J connectivity index is 1.24. The van der Waals surface area contributed by atoms with Gasteiger partial charge in [-0.3, -0.25) is 9.80 Å². The first kappa shape index (κ1) is 19.3. The second-order valence-electron chi connectivity index (χ2n) is 7.99. The van der Waals surface area contributed by atoms with Crippen LogP contribution in [0.4, 0.5) is 0 Å². The second-order valence-corrected chi connectivity index (χ2v) is 7.99. The van der Waals surface area contributed by atoms with E-state index in [9.17, 15) is 0 Å². The molecule has 0 N–H and O–H groups in total. The van der Waals surface area contributed by atoms with Crippen molar-refractivity contribution in [3.8, 4) is 0 Å². The zero-order chi connectivity index (χ0) is 18.5. The lowest BCUT2D eigenvalue weighted by Gasteiger charge is -2.34. The van der Waals surface area contributed by atoms with Crippen molar-refractivity contribution in [1.29, 1.82) is 0 Å². The number of hydrogen-bond donors (Lipinski definition) is 0. The number of ether oxygens (including phenoxy) is 2. The summed E-state index contributed by atoms with van der Waals surface area (Å²) >= 11 is 0. The summed E-state index contributed by atoms with van der Waals surface area (Å²) in [6.45, 7) is 13.1. The lowest BCUT2D eigenvalue weighted by Crippen LogP contribution is -2.43. The molecule has 1 aromatic rings. The maximum absolute atomic E-state index is 5.44. The van der Waals surface area contributed by atoms with Crippen LogP contribution >= 0.6 is 0 Å². The number of piperidine rings is 1. The van der Waals surface area contributed by atoms with E-state index in [1.807, 2.05) is 0 Å². The van der Waals surface area contributed by atoms with Gasteiger partial charge in [0.15, 0.2) is 0 Å². The van der Waals surface area contributed by atoms with Crippen molar-refractivity contribution in [3.63, 3.8) is 0 Å². The fourth-order valence-corrected chi connectivity index (χ4v) is 4.35. The highest BCUT2D eigenvalue weighted by Gasteiger charge is 2.26. The molecular formula is C19H34N6O2. The van der Waals surface area contributed by atoms with E-state index in [4.69, 9.17) is 9.47 Å². The van der Waals surface area contributed by atoms with Crippen molar-refractivity contribution in [1.82, 2.24) is 29.5 Å². The van der Waals surface area contributed by atoms with E-state index in [2.05, 4.69) is 36.5 Å². The third kappa shape index (κ3) is 5.06. The standard InChI is InChI=1S/C19H34N6O2/c1-22-18(16-25-10-14-27-15-11-25)20-21-19(22)17-2-4-23(5-3-17)6-7-24-8-12-26-13-9-24/h17H,2-16H2,1H3. The molecule has 0 unspecified atom stereocenters. The first-order valence-corrected chi connectivity index (χ1v) is 10.5. The molecule has 3 fully saturated rings. The SMILES string of the molecule is Cn1c(CN2CCOCC2)nnc1C1CCN(CCN2CCOCC2)CC1. The summed E-state index contributed by atoms with van der Waals surface area (Å²) in [5.74, 6) is 2.80. The summed E-state index contributed by atoms with van der Waals surface area (Å²) in [4.78, 5) is 7.54. The van der Waals surface area contributed by atoms with Crippen LogP contribution in [0.15, 0.2) is 0 Å². The molecule has 0 amide bonds. The van der Waals surface area contributed by atoms with Gasteiger partial charge in [-0.2, -0.15) is 0 Å². The normalized spacial score (nSPS) is 24.5. The lowest BCUT2D eigenvalue weighted by molar-refractivity contribution is 0.0318. The Kier molecular flexibility index (Phi) is 6.73. The van der Waals surface area contributed by atoms with Crippen LogP contribution in [0.1, 0.15) is 30.4 Å². The molecule has 4 rings (SSSR count). The van der Waals surface area contributed by atoms with Crippen LogP contribution in [0.5, 0.6) is 0 Å². The van der Waals surface area contributed by atoms with Gasteiger partial charge in [-0.1, -0.05) is 0 Å². The van der Waals surface area contributed by atoms with Gasteiger partial charge in [-0.25, -0.2) is 0 Å². The van der Waals surface area contributed by atoms with Crippen LogP contribution in [0, 0.1) is 0 Å². The molecule has 0 radical (unpaired) electrons. The summed E-state index contributed by atoms with van der Waals surface area (Å²) in [7, 11) is 2.13. The van der Waals surface area contributed by atoms with Gasteiger partial charge in [0.2, 0.25) is 0 Å². The highest BCUT2D eigenvalue weighted by Crippen LogP contribution is 2.27. The Hall–Kier alpha value is -1.06. The molecule has 1 aromatic heterocycles. The van der Waals surface area contributed by atoms with Gasteiger partial charge < -0.3 is 18.9 Å². The van der Waals surface area contributed by atoms with E-state index in [0.717, 1.165) is 65.0 Å². The first-order valence-electron chi connectivity index (χ1n) is 10.5. The van der Waals surface area contributed by atoms with E-state index in [0.29, 0.717) is 5.92 Å². The quantitative estimate of drug-likeness (QED) is 0.699. The average Bonchev–Trinajstić information content (AvgIpc) is 3.09. The molecule has 3 saturated heterocycles. The number of aromatic nitrogens is 3. The second kappa shape index (κ2) is 9.43. The van der Waals surface area contributed by atoms with Crippen molar-refractivity contribution in [3.05, 3.63) is 11.6 Å². The monoisotopic (exact) mass is 378 g/mol. The molecule has 4 heterocycles.